The summed E-state index contributed by atoms with van der Waals surface area (Å²) in [5, 5.41) is 10.6. The largest absolute Gasteiger partial charge is 0.472 e. The normalized spacial score (nSPS) is 14.1. The van der Waals surface area contributed by atoms with E-state index in [1.807, 2.05) is 0 Å². The van der Waals surface area contributed by atoms with Crippen LogP contribution in [-0.4, -0.2) is 96.7 Å². The Labute approximate surface area is 568 Å². The smallest absolute Gasteiger partial charge is 0.462 e. The van der Waals surface area contributed by atoms with Crippen LogP contribution in [0.3, 0.4) is 0 Å². The van der Waals surface area contributed by atoms with Crippen molar-refractivity contribution >= 4 is 39.5 Å². The topological polar surface area (TPSA) is 237 Å². The molecular formula is C74H144O17P2. The molecule has 3 N–H and O–H groups in total. The number of phosphoric acid groups is 2. The maximum Gasteiger partial charge on any atom is 0.472 e. The van der Waals surface area contributed by atoms with Gasteiger partial charge in [-0.3, -0.25) is 37.3 Å². The molecule has 0 fully saturated rings. The molecule has 0 amide bonds. The molecule has 0 aromatic heterocycles. The van der Waals surface area contributed by atoms with E-state index in [-0.39, 0.29) is 25.7 Å². The SMILES string of the molecule is CCCCCCCCCCCC(=O)OC[C@H](COP(=O)(O)OC[C@H](O)COP(=O)(O)OC[C@@H](COC(=O)CCCCCCCCCCCCCCCC(C)C)OC(=O)CCCCCCCCCCCCCCCCCC(C)C)OC(=O)CCCCCCCCCC(C)C. The lowest BCUT2D eigenvalue weighted by Gasteiger charge is -2.21. The van der Waals surface area contributed by atoms with Crippen molar-refractivity contribution in [1.82, 2.24) is 0 Å². The van der Waals surface area contributed by atoms with Crippen molar-refractivity contribution in [2.24, 2.45) is 17.8 Å². The maximum atomic E-state index is 13.1. The molecule has 0 aliphatic carbocycles. The third-order valence-electron chi connectivity index (χ3n) is 17.1. The molecule has 17 nitrogen and oxygen atoms in total. The molecule has 552 valence electrons. The number of ether oxygens (including phenoxy) is 4. The summed E-state index contributed by atoms with van der Waals surface area (Å²) in [6.07, 6.45) is 50.1. The van der Waals surface area contributed by atoms with Crippen LogP contribution in [0.4, 0.5) is 0 Å². The van der Waals surface area contributed by atoms with Crippen molar-refractivity contribution < 1.29 is 80.2 Å². The van der Waals surface area contributed by atoms with Gasteiger partial charge in [0.05, 0.1) is 26.4 Å². The van der Waals surface area contributed by atoms with Crippen LogP contribution in [0.5, 0.6) is 0 Å². The molecule has 0 aromatic rings. The number of hydrogen-bond acceptors (Lipinski definition) is 15. The van der Waals surface area contributed by atoms with Crippen molar-refractivity contribution in [2.75, 3.05) is 39.6 Å². The van der Waals surface area contributed by atoms with Crippen LogP contribution in [0.2, 0.25) is 0 Å². The summed E-state index contributed by atoms with van der Waals surface area (Å²) in [6.45, 7) is 11.8. The number of rotatable bonds is 72. The fourth-order valence-corrected chi connectivity index (χ4v) is 12.8. The van der Waals surface area contributed by atoms with E-state index >= 15 is 0 Å². The number of aliphatic hydroxyl groups excluding tert-OH is 1. The third kappa shape index (κ3) is 68.4. The van der Waals surface area contributed by atoms with Crippen LogP contribution in [0.25, 0.3) is 0 Å². The van der Waals surface area contributed by atoms with Gasteiger partial charge in [-0.1, -0.05) is 325 Å². The summed E-state index contributed by atoms with van der Waals surface area (Å²) in [5.74, 6) is 0.166. The molecule has 0 aromatic carbocycles. The average Bonchev–Trinajstić information content (AvgIpc) is 3.22. The first-order valence-electron chi connectivity index (χ1n) is 38.3. The lowest BCUT2D eigenvalue weighted by Crippen LogP contribution is -2.30. The Balaban J connectivity index is 5.22. The van der Waals surface area contributed by atoms with Gasteiger partial charge in [-0.05, 0) is 43.4 Å². The molecular weight excluding hydrogens is 1220 g/mol. The molecule has 0 saturated heterocycles. The first-order chi connectivity index (χ1) is 44.7. The van der Waals surface area contributed by atoms with Crippen LogP contribution in [0.15, 0.2) is 0 Å². The minimum Gasteiger partial charge on any atom is -0.462 e. The van der Waals surface area contributed by atoms with Gasteiger partial charge in [0.25, 0.3) is 0 Å². The van der Waals surface area contributed by atoms with Crippen molar-refractivity contribution in [3.05, 3.63) is 0 Å². The van der Waals surface area contributed by atoms with Crippen LogP contribution >= 0.6 is 15.6 Å². The Hall–Kier alpha value is -1.94. The van der Waals surface area contributed by atoms with Gasteiger partial charge in [0.15, 0.2) is 12.2 Å². The fraction of sp³-hybridized carbons (Fsp3) is 0.946. The molecule has 0 spiro atoms. The van der Waals surface area contributed by atoms with Gasteiger partial charge in [0.2, 0.25) is 0 Å². The molecule has 2 unspecified atom stereocenters. The highest BCUT2D eigenvalue weighted by molar-refractivity contribution is 7.47. The second-order valence-corrected chi connectivity index (χ2v) is 31.0. The van der Waals surface area contributed by atoms with Gasteiger partial charge in [-0.15, -0.1) is 0 Å². The van der Waals surface area contributed by atoms with Gasteiger partial charge < -0.3 is 33.8 Å². The minimum atomic E-state index is -4.96. The highest BCUT2D eigenvalue weighted by Gasteiger charge is 2.30. The van der Waals surface area contributed by atoms with Crippen LogP contribution in [0, 0.1) is 17.8 Å². The van der Waals surface area contributed by atoms with Crippen molar-refractivity contribution in [1.29, 1.82) is 0 Å². The number of unbranched alkanes of at least 4 members (excludes halogenated alkanes) is 40. The van der Waals surface area contributed by atoms with Crippen molar-refractivity contribution in [3.8, 4) is 0 Å². The molecule has 93 heavy (non-hydrogen) atoms. The van der Waals surface area contributed by atoms with Crippen LogP contribution < -0.4 is 0 Å². The van der Waals surface area contributed by atoms with E-state index in [9.17, 15) is 43.2 Å². The molecule has 0 radical (unpaired) electrons. The van der Waals surface area contributed by atoms with E-state index in [2.05, 4.69) is 48.5 Å². The number of hydrogen-bond donors (Lipinski definition) is 3. The summed E-state index contributed by atoms with van der Waals surface area (Å²) < 4.78 is 68.4. The van der Waals surface area contributed by atoms with E-state index in [1.54, 1.807) is 0 Å². The van der Waals surface area contributed by atoms with Gasteiger partial charge in [-0.2, -0.15) is 0 Å². The van der Waals surface area contributed by atoms with Crippen LogP contribution in [0.1, 0.15) is 376 Å². The van der Waals surface area contributed by atoms with Crippen molar-refractivity contribution in [2.45, 2.75) is 394 Å². The summed E-state index contributed by atoms with van der Waals surface area (Å²) >= 11 is 0. The first-order valence-corrected chi connectivity index (χ1v) is 41.3. The van der Waals surface area contributed by atoms with Gasteiger partial charge in [-0.25, -0.2) is 9.13 Å². The Morgan fingerprint density at radius 1 is 0.290 bits per heavy atom. The molecule has 0 aliphatic rings. The van der Waals surface area contributed by atoms with Gasteiger partial charge in [0, 0.05) is 25.7 Å². The Morgan fingerprint density at radius 3 is 0.731 bits per heavy atom. The number of phosphoric ester groups is 2. The average molecular weight is 1370 g/mol. The molecule has 0 rings (SSSR count). The quantitative estimate of drug-likeness (QED) is 0.0222. The molecule has 0 heterocycles. The molecule has 0 aliphatic heterocycles. The number of carbonyl (C=O) groups is 4. The molecule has 0 bridgehead atoms. The third-order valence-corrected chi connectivity index (χ3v) is 19.0. The molecule has 19 heteroatoms. The summed E-state index contributed by atoms with van der Waals surface area (Å²) in [4.78, 5) is 72.6. The first kappa shape index (κ1) is 91.1. The predicted molar refractivity (Wildman–Crippen MR) is 377 cm³/mol. The van der Waals surface area contributed by atoms with E-state index in [1.165, 1.54) is 186 Å². The minimum absolute atomic E-state index is 0.103. The van der Waals surface area contributed by atoms with Gasteiger partial charge in [0.1, 0.15) is 19.3 Å². The number of esters is 4. The fourth-order valence-electron chi connectivity index (χ4n) is 11.2. The van der Waals surface area contributed by atoms with E-state index in [0.717, 1.165) is 102 Å². The second-order valence-electron chi connectivity index (χ2n) is 28.1. The summed E-state index contributed by atoms with van der Waals surface area (Å²) in [7, 11) is -9.90. The zero-order chi connectivity index (χ0) is 68.7. The van der Waals surface area contributed by atoms with Crippen LogP contribution in [-0.2, 0) is 65.4 Å². The lowest BCUT2D eigenvalue weighted by molar-refractivity contribution is -0.161. The number of carbonyl (C=O) groups excluding carboxylic acids is 4. The molecule has 0 saturated carbocycles. The van der Waals surface area contributed by atoms with Gasteiger partial charge >= 0.3 is 39.5 Å². The monoisotopic (exact) mass is 1370 g/mol. The zero-order valence-corrected chi connectivity index (χ0v) is 62.5. The molecule has 5 atom stereocenters. The second kappa shape index (κ2) is 64.7. The zero-order valence-electron chi connectivity index (χ0n) is 60.7. The van der Waals surface area contributed by atoms with Crippen molar-refractivity contribution in [3.63, 3.8) is 0 Å². The van der Waals surface area contributed by atoms with E-state index in [0.29, 0.717) is 31.6 Å². The predicted octanol–water partition coefficient (Wildman–Crippen LogP) is 21.4. The Morgan fingerprint density at radius 2 is 0.495 bits per heavy atom. The highest BCUT2D eigenvalue weighted by Crippen LogP contribution is 2.45. The summed E-state index contributed by atoms with van der Waals surface area (Å²) in [5.41, 5.74) is 0. The Kier molecular flexibility index (Phi) is 63.4. The number of aliphatic hydroxyl groups is 1. The van der Waals surface area contributed by atoms with E-state index < -0.39 is 97.5 Å². The maximum absolute atomic E-state index is 13.1. The van der Waals surface area contributed by atoms with E-state index in [4.69, 9.17) is 37.0 Å². The Bertz CT molecular complexity index is 1820. The highest BCUT2D eigenvalue weighted by atomic mass is 31.2. The lowest BCUT2D eigenvalue weighted by atomic mass is 10.0. The standard InChI is InChI=1S/C74H144O17P2/c1-8-9-10-11-12-25-34-41-48-55-71(76)84-62-70(91-74(79)58-51-44-37-30-33-40-47-54-67(6)7)64-89-93(82,83)87-60-68(75)59-86-92(80,81)88-63-69(61-85-72(77)56-49-42-35-28-23-20-16-18-22-27-32-39-46-53-66(4)5)90-73(78)57-50-43-36-29-24-19-15-13-14-17-21-26-31-38-45-52-65(2)3/h65-70,75H,8-64H2,1-7H3,(H,80,81)(H,82,83)/t68-,69-,70-/m1/s1. The summed E-state index contributed by atoms with van der Waals surface area (Å²) in [6, 6.07) is 0.